The molecule has 3 aromatic rings. The molecule has 0 aliphatic carbocycles. The molecule has 0 radical (unpaired) electrons. The van der Waals surface area contributed by atoms with Crippen LogP contribution in [0, 0.1) is 0 Å². The highest BCUT2D eigenvalue weighted by molar-refractivity contribution is 6.18. The summed E-state index contributed by atoms with van der Waals surface area (Å²) in [5.74, 6) is -0.251. The molecular weight excluding hydrogens is 322 g/mol. The van der Waals surface area contributed by atoms with E-state index >= 15 is 0 Å². The van der Waals surface area contributed by atoms with E-state index in [0.717, 1.165) is 17.6 Å². The van der Waals surface area contributed by atoms with Crippen LogP contribution in [-0.4, -0.2) is 16.6 Å². The van der Waals surface area contributed by atoms with Crippen molar-refractivity contribution in [3.63, 3.8) is 0 Å². The fourth-order valence-corrected chi connectivity index (χ4v) is 3.61. The second-order valence-electron chi connectivity index (χ2n) is 6.80. The molecule has 0 spiro atoms. The lowest BCUT2D eigenvalue weighted by Gasteiger charge is -2.10. The number of hydrogen-bond acceptors (Lipinski definition) is 2. The standard InChI is InChI=1S/C23H21NO2/c1-16(12-18-15-24(2)22-11-7-6-10-20(18)22)13-19-14-21(23(25)26-19)17-8-4-3-5-9-17/h3-11,14-15,19H,1,12-13H2,2H3/t19-/m1/s1. The molecule has 0 saturated carbocycles. The lowest BCUT2D eigenvalue weighted by atomic mass is 9.99. The zero-order chi connectivity index (χ0) is 18.1. The maximum Gasteiger partial charge on any atom is 0.339 e. The average molecular weight is 343 g/mol. The number of hydrogen-bond donors (Lipinski definition) is 0. The smallest absolute Gasteiger partial charge is 0.339 e. The van der Waals surface area contributed by atoms with Crippen LogP contribution in [0.3, 0.4) is 0 Å². The van der Waals surface area contributed by atoms with Crippen molar-refractivity contribution >= 4 is 22.4 Å². The van der Waals surface area contributed by atoms with Crippen LogP contribution in [0.4, 0.5) is 0 Å². The van der Waals surface area contributed by atoms with E-state index in [2.05, 4.69) is 48.7 Å². The summed E-state index contributed by atoms with van der Waals surface area (Å²) in [6, 6.07) is 18.0. The number of carbonyl (C=O) groups is 1. The predicted octanol–water partition coefficient (Wildman–Crippen LogP) is 4.68. The molecule has 130 valence electrons. The van der Waals surface area contributed by atoms with Gasteiger partial charge in [0.2, 0.25) is 0 Å². The zero-order valence-electron chi connectivity index (χ0n) is 14.8. The quantitative estimate of drug-likeness (QED) is 0.498. The molecule has 4 rings (SSSR count). The largest absolute Gasteiger partial charge is 0.454 e. The Morgan fingerprint density at radius 1 is 1.12 bits per heavy atom. The average Bonchev–Trinajstić information content (AvgIpc) is 3.16. The van der Waals surface area contributed by atoms with Crippen LogP contribution >= 0.6 is 0 Å². The topological polar surface area (TPSA) is 31.2 Å². The van der Waals surface area contributed by atoms with Gasteiger partial charge in [-0.15, -0.1) is 0 Å². The first kappa shape index (κ1) is 16.4. The number of rotatable bonds is 5. The molecular formula is C23H21NO2. The van der Waals surface area contributed by atoms with Gasteiger partial charge in [-0.1, -0.05) is 60.7 Å². The molecule has 26 heavy (non-hydrogen) atoms. The number of benzene rings is 2. The van der Waals surface area contributed by atoms with Gasteiger partial charge in [-0.2, -0.15) is 0 Å². The van der Waals surface area contributed by atoms with E-state index in [0.29, 0.717) is 12.0 Å². The van der Waals surface area contributed by atoms with Crippen molar-refractivity contribution in [2.75, 3.05) is 0 Å². The number of fused-ring (bicyclic) bond motifs is 1. The minimum absolute atomic E-state index is 0.236. The third kappa shape index (κ3) is 3.08. The predicted molar refractivity (Wildman–Crippen MR) is 105 cm³/mol. The van der Waals surface area contributed by atoms with Gasteiger partial charge in [0.05, 0.1) is 5.57 Å². The minimum Gasteiger partial charge on any atom is -0.454 e. The van der Waals surface area contributed by atoms with Crippen LogP contribution in [0.2, 0.25) is 0 Å². The van der Waals surface area contributed by atoms with Crippen LogP contribution in [-0.2, 0) is 23.0 Å². The Morgan fingerprint density at radius 3 is 2.65 bits per heavy atom. The molecule has 2 heterocycles. The number of carbonyl (C=O) groups excluding carboxylic acids is 1. The van der Waals surface area contributed by atoms with Gasteiger partial charge in [0.1, 0.15) is 6.10 Å². The second-order valence-corrected chi connectivity index (χ2v) is 6.80. The summed E-state index contributed by atoms with van der Waals surface area (Å²) in [6.45, 7) is 4.22. The normalized spacial score (nSPS) is 16.6. The van der Waals surface area contributed by atoms with Gasteiger partial charge in [-0.25, -0.2) is 4.79 Å². The van der Waals surface area contributed by atoms with Crippen molar-refractivity contribution in [2.24, 2.45) is 7.05 Å². The number of nitrogens with zero attached hydrogens (tertiary/aromatic N) is 1. The highest BCUT2D eigenvalue weighted by Crippen LogP contribution is 2.29. The van der Waals surface area contributed by atoms with Crippen LogP contribution in [0.25, 0.3) is 16.5 Å². The van der Waals surface area contributed by atoms with E-state index in [1.54, 1.807) is 0 Å². The fraction of sp³-hybridized carbons (Fsp3) is 0.174. The molecule has 1 aromatic heterocycles. The molecule has 1 atom stereocenters. The summed E-state index contributed by atoms with van der Waals surface area (Å²) in [5.41, 5.74) is 5.08. The minimum atomic E-state index is -0.251. The van der Waals surface area contributed by atoms with Crippen molar-refractivity contribution in [1.82, 2.24) is 4.57 Å². The van der Waals surface area contributed by atoms with Gasteiger partial charge >= 0.3 is 5.97 Å². The molecule has 0 unspecified atom stereocenters. The SMILES string of the molecule is C=C(Cc1cn(C)c2ccccc12)C[C@@H]1C=C(c2ccccc2)C(=O)O1. The summed E-state index contributed by atoms with van der Waals surface area (Å²) in [6.07, 6.45) is 5.27. The summed E-state index contributed by atoms with van der Waals surface area (Å²) < 4.78 is 7.67. The zero-order valence-corrected chi connectivity index (χ0v) is 14.8. The number of ether oxygens (including phenoxy) is 1. The third-order valence-corrected chi connectivity index (χ3v) is 4.83. The third-order valence-electron chi connectivity index (χ3n) is 4.83. The number of aromatic nitrogens is 1. The molecule has 3 nitrogen and oxygen atoms in total. The van der Waals surface area contributed by atoms with Crippen molar-refractivity contribution in [3.8, 4) is 0 Å². The van der Waals surface area contributed by atoms with E-state index in [-0.39, 0.29) is 12.1 Å². The van der Waals surface area contributed by atoms with Crippen LogP contribution in [0.15, 0.2) is 79.0 Å². The Labute approximate surface area is 153 Å². The Hall–Kier alpha value is -3.07. The van der Waals surface area contributed by atoms with Gasteiger partial charge in [0, 0.05) is 30.6 Å². The van der Waals surface area contributed by atoms with Gasteiger partial charge in [0.15, 0.2) is 0 Å². The van der Waals surface area contributed by atoms with Crippen molar-refractivity contribution in [3.05, 3.63) is 90.1 Å². The van der Waals surface area contributed by atoms with Crippen molar-refractivity contribution in [2.45, 2.75) is 18.9 Å². The van der Waals surface area contributed by atoms with E-state index in [1.165, 1.54) is 16.5 Å². The number of cyclic esters (lactones) is 1. The van der Waals surface area contributed by atoms with Crippen LogP contribution in [0.1, 0.15) is 17.5 Å². The monoisotopic (exact) mass is 343 g/mol. The van der Waals surface area contributed by atoms with E-state index in [9.17, 15) is 4.79 Å². The van der Waals surface area contributed by atoms with Gasteiger partial charge < -0.3 is 9.30 Å². The molecule has 1 aliphatic rings. The molecule has 0 saturated heterocycles. The summed E-state index contributed by atoms with van der Waals surface area (Å²) in [4.78, 5) is 12.2. The highest BCUT2D eigenvalue weighted by atomic mass is 16.5. The van der Waals surface area contributed by atoms with Crippen molar-refractivity contribution < 1.29 is 9.53 Å². The maximum absolute atomic E-state index is 12.2. The Kier molecular flexibility index (Phi) is 4.21. The molecule has 0 fully saturated rings. The molecule has 0 N–H and O–H groups in total. The van der Waals surface area contributed by atoms with Crippen molar-refractivity contribution in [1.29, 1.82) is 0 Å². The molecule has 0 bridgehead atoms. The van der Waals surface area contributed by atoms with Crippen LogP contribution < -0.4 is 0 Å². The fourth-order valence-electron chi connectivity index (χ4n) is 3.61. The summed E-state index contributed by atoms with van der Waals surface area (Å²) >= 11 is 0. The molecule has 0 amide bonds. The summed E-state index contributed by atoms with van der Waals surface area (Å²) in [7, 11) is 2.06. The van der Waals surface area contributed by atoms with E-state index < -0.39 is 0 Å². The maximum atomic E-state index is 12.2. The van der Waals surface area contributed by atoms with Gasteiger partial charge in [0.25, 0.3) is 0 Å². The first-order valence-corrected chi connectivity index (χ1v) is 8.79. The number of esters is 1. The molecule has 2 aromatic carbocycles. The lowest BCUT2D eigenvalue weighted by Crippen LogP contribution is -2.09. The van der Waals surface area contributed by atoms with Crippen LogP contribution in [0.5, 0.6) is 0 Å². The first-order chi connectivity index (χ1) is 12.6. The van der Waals surface area contributed by atoms with E-state index in [1.807, 2.05) is 36.4 Å². The highest BCUT2D eigenvalue weighted by Gasteiger charge is 2.26. The Morgan fingerprint density at radius 2 is 1.85 bits per heavy atom. The van der Waals surface area contributed by atoms with Gasteiger partial charge in [-0.3, -0.25) is 0 Å². The Balaban J connectivity index is 1.49. The van der Waals surface area contributed by atoms with Gasteiger partial charge in [-0.05, 0) is 29.7 Å². The number of para-hydroxylation sites is 1. The first-order valence-electron chi connectivity index (χ1n) is 8.79. The molecule has 3 heteroatoms. The van der Waals surface area contributed by atoms with E-state index in [4.69, 9.17) is 4.74 Å². The Bertz CT molecular complexity index is 1010. The molecule has 1 aliphatic heterocycles. The second kappa shape index (κ2) is 6.68. The number of aryl methyl sites for hydroxylation is 1. The lowest BCUT2D eigenvalue weighted by molar-refractivity contribution is -0.137. The summed E-state index contributed by atoms with van der Waals surface area (Å²) in [5, 5.41) is 1.25.